The Morgan fingerprint density at radius 2 is 2.23 bits per heavy atom. The summed E-state index contributed by atoms with van der Waals surface area (Å²) in [7, 11) is 0. The van der Waals surface area contributed by atoms with E-state index in [9.17, 15) is 9.59 Å². The molecular weight excluding hydrogens is 178 g/mol. The van der Waals surface area contributed by atoms with E-state index in [1.807, 2.05) is 0 Å². The number of nitrogens with zero attached hydrogens (tertiary/aromatic N) is 2. The summed E-state index contributed by atoms with van der Waals surface area (Å²) in [6.07, 6.45) is 0.228. The van der Waals surface area contributed by atoms with Gasteiger partial charge in [-0.2, -0.15) is 0 Å². The Labute approximate surface area is 72.7 Å². The minimum absolute atomic E-state index is 0.167. The highest BCUT2D eigenvalue weighted by atomic mass is 16.6. The van der Waals surface area contributed by atoms with Crippen LogP contribution in [-0.4, -0.2) is 27.3 Å². The van der Waals surface area contributed by atoms with Crippen LogP contribution in [0, 0.1) is 0 Å². The molecule has 0 aromatic carbocycles. The van der Waals surface area contributed by atoms with Crippen molar-refractivity contribution in [3.63, 3.8) is 0 Å². The summed E-state index contributed by atoms with van der Waals surface area (Å²) < 4.78 is 4.16. The summed E-state index contributed by atoms with van der Waals surface area (Å²) in [5.41, 5.74) is -0.401. The Kier molecular flexibility index (Phi) is 2.58. The van der Waals surface area contributed by atoms with Gasteiger partial charge in [-0.15, -0.1) is 0 Å². The molecule has 0 aliphatic heterocycles. The number of carboxylic acid groups (broad SMARTS) is 1. The van der Waals surface area contributed by atoms with Crippen LogP contribution in [0.5, 0.6) is 0 Å². The van der Waals surface area contributed by atoms with Gasteiger partial charge < -0.3 is 10.4 Å². The van der Waals surface area contributed by atoms with Gasteiger partial charge in [-0.05, 0) is 10.3 Å². The highest BCUT2D eigenvalue weighted by molar-refractivity contribution is 5.97. The van der Waals surface area contributed by atoms with Crippen LogP contribution in [-0.2, 0) is 4.79 Å². The van der Waals surface area contributed by atoms with Crippen molar-refractivity contribution in [1.29, 1.82) is 0 Å². The number of hydrogen-bond acceptors (Lipinski definition) is 5. The molecule has 7 heteroatoms. The lowest BCUT2D eigenvalue weighted by molar-refractivity contribution is -0.115. The average Bonchev–Trinajstić information content (AvgIpc) is 2.52. The van der Waals surface area contributed by atoms with Gasteiger partial charge in [0.15, 0.2) is 0 Å². The largest absolute Gasteiger partial charge is 0.476 e. The molecule has 0 spiro atoms. The predicted molar refractivity (Wildman–Crippen MR) is 40.2 cm³/mol. The molecule has 1 aromatic heterocycles. The van der Waals surface area contributed by atoms with Crippen LogP contribution in [0.25, 0.3) is 0 Å². The Bertz CT molecular complexity index is 332. The van der Waals surface area contributed by atoms with Gasteiger partial charge in [0.05, 0.1) is 0 Å². The number of amides is 1. The van der Waals surface area contributed by atoms with Crippen molar-refractivity contribution in [3.05, 3.63) is 5.69 Å². The number of carboxylic acids is 1. The molecule has 0 aliphatic carbocycles. The van der Waals surface area contributed by atoms with Crippen LogP contribution < -0.4 is 5.32 Å². The number of anilines is 1. The molecule has 0 saturated carbocycles. The van der Waals surface area contributed by atoms with Crippen molar-refractivity contribution >= 4 is 17.7 Å². The fourth-order valence-corrected chi connectivity index (χ4v) is 0.631. The van der Waals surface area contributed by atoms with E-state index in [1.165, 1.54) is 0 Å². The molecule has 1 aromatic rings. The molecule has 13 heavy (non-hydrogen) atoms. The third kappa shape index (κ3) is 2.01. The molecule has 0 unspecified atom stereocenters. The molecule has 0 atom stereocenters. The molecule has 2 N–H and O–H groups in total. The maximum atomic E-state index is 10.8. The first kappa shape index (κ1) is 9.17. The van der Waals surface area contributed by atoms with Crippen molar-refractivity contribution < 1.29 is 19.3 Å². The van der Waals surface area contributed by atoms with Crippen molar-refractivity contribution in [3.8, 4) is 0 Å². The molecule has 7 nitrogen and oxygen atoms in total. The van der Waals surface area contributed by atoms with E-state index >= 15 is 0 Å². The number of rotatable bonds is 3. The molecule has 0 radical (unpaired) electrons. The standard InChI is InChI=1S/C6H7N3O4/c1-2-3(10)7-5-4(6(11)12)8-13-9-5/h2H2,1H3,(H,11,12)(H,7,9,10). The normalized spacial score (nSPS) is 9.62. The molecule has 0 saturated heterocycles. The van der Waals surface area contributed by atoms with Gasteiger partial charge in [0.25, 0.3) is 0 Å². The zero-order chi connectivity index (χ0) is 9.84. The summed E-state index contributed by atoms with van der Waals surface area (Å²) in [5.74, 6) is -1.81. The first-order valence-corrected chi connectivity index (χ1v) is 3.50. The van der Waals surface area contributed by atoms with E-state index in [1.54, 1.807) is 6.92 Å². The van der Waals surface area contributed by atoms with Crippen molar-refractivity contribution in [2.24, 2.45) is 0 Å². The molecule has 1 heterocycles. The van der Waals surface area contributed by atoms with Crippen molar-refractivity contribution in [2.75, 3.05) is 5.32 Å². The molecule has 1 rings (SSSR count). The minimum Gasteiger partial charge on any atom is -0.476 e. The predicted octanol–water partition coefficient (Wildman–Crippen LogP) is 0.116. The first-order chi connectivity index (χ1) is 6.15. The number of aromatic nitrogens is 2. The van der Waals surface area contributed by atoms with E-state index in [4.69, 9.17) is 5.11 Å². The highest BCUT2D eigenvalue weighted by Gasteiger charge is 2.18. The quantitative estimate of drug-likeness (QED) is 0.692. The fourth-order valence-electron chi connectivity index (χ4n) is 0.631. The van der Waals surface area contributed by atoms with Crippen LogP contribution in [0.3, 0.4) is 0 Å². The Hall–Kier alpha value is -1.92. The Morgan fingerprint density at radius 1 is 1.54 bits per heavy atom. The average molecular weight is 185 g/mol. The third-order valence-corrected chi connectivity index (χ3v) is 1.27. The lowest BCUT2D eigenvalue weighted by Crippen LogP contribution is -2.13. The maximum absolute atomic E-state index is 10.8. The van der Waals surface area contributed by atoms with Crippen LogP contribution in [0.4, 0.5) is 5.82 Å². The Balaban J connectivity index is 2.82. The summed E-state index contributed by atoms with van der Waals surface area (Å²) in [4.78, 5) is 21.3. The van der Waals surface area contributed by atoms with E-state index in [-0.39, 0.29) is 18.1 Å². The molecule has 0 aliphatic rings. The number of hydrogen-bond donors (Lipinski definition) is 2. The van der Waals surface area contributed by atoms with E-state index in [0.717, 1.165) is 0 Å². The number of carbonyl (C=O) groups excluding carboxylic acids is 1. The zero-order valence-electron chi connectivity index (χ0n) is 6.77. The summed E-state index contributed by atoms with van der Waals surface area (Å²) >= 11 is 0. The van der Waals surface area contributed by atoms with Crippen molar-refractivity contribution in [2.45, 2.75) is 13.3 Å². The zero-order valence-corrected chi connectivity index (χ0v) is 6.77. The van der Waals surface area contributed by atoms with E-state index in [0.29, 0.717) is 0 Å². The first-order valence-electron chi connectivity index (χ1n) is 3.50. The van der Waals surface area contributed by atoms with Gasteiger partial charge in [-0.1, -0.05) is 6.92 Å². The van der Waals surface area contributed by atoms with Crippen LogP contribution in [0.1, 0.15) is 23.8 Å². The minimum atomic E-state index is -1.30. The van der Waals surface area contributed by atoms with Crippen LogP contribution in [0.2, 0.25) is 0 Å². The number of nitrogens with one attached hydrogen (secondary N) is 1. The second kappa shape index (κ2) is 3.65. The Morgan fingerprint density at radius 3 is 2.77 bits per heavy atom. The molecular formula is C6H7N3O4. The number of carbonyl (C=O) groups is 2. The van der Waals surface area contributed by atoms with Gasteiger partial charge in [0.1, 0.15) is 0 Å². The summed E-state index contributed by atoms with van der Waals surface area (Å²) in [6.45, 7) is 1.63. The van der Waals surface area contributed by atoms with Gasteiger partial charge in [-0.3, -0.25) is 4.79 Å². The van der Waals surface area contributed by atoms with Gasteiger partial charge in [0, 0.05) is 6.42 Å². The molecule has 0 bridgehead atoms. The summed E-state index contributed by atoms with van der Waals surface area (Å²) in [6, 6.07) is 0. The van der Waals surface area contributed by atoms with Gasteiger partial charge >= 0.3 is 5.97 Å². The van der Waals surface area contributed by atoms with E-state index < -0.39 is 11.7 Å². The number of aromatic carboxylic acids is 1. The smallest absolute Gasteiger partial charge is 0.362 e. The third-order valence-electron chi connectivity index (χ3n) is 1.27. The SMILES string of the molecule is CCC(=O)Nc1nonc1C(=O)O. The topological polar surface area (TPSA) is 105 Å². The second-order valence-corrected chi connectivity index (χ2v) is 2.17. The second-order valence-electron chi connectivity index (χ2n) is 2.17. The lowest BCUT2D eigenvalue weighted by Gasteiger charge is -1.96. The highest BCUT2D eigenvalue weighted by Crippen LogP contribution is 2.08. The van der Waals surface area contributed by atoms with Crippen LogP contribution in [0.15, 0.2) is 4.63 Å². The fraction of sp³-hybridized carbons (Fsp3) is 0.333. The van der Waals surface area contributed by atoms with Gasteiger partial charge in [-0.25, -0.2) is 9.42 Å². The summed E-state index contributed by atoms with van der Waals surface area (Å²) in [5, 5.41) is 17.1. The lowest BCUT2D eigenvalue weighted by atomic mass is 10.4. The van der Waals surface area contributed by atoms with E-state index in [2.05, 4.69) is 20.3 Å². The van der Waals surface area contributed by atoms with Crippen LogP contribution >= 0.6 is 0 Å². The van der Waals surface area contributed by atoms with Crippen molar-refractivity contribution in [1.82, 2.24) is 10.3 Å². The molecule has 1 amide bonds. The molecule has 0 fully saturated rings. The van der Waals surface area contributed by atoms with Gasteiger partial charge in [0.2, 0.25) is 17.4 Å². The monoisotopic (exact) mass is 185 g/mol. The molecule has 70 valence electrons. The maximum Gasteiger partial charge on any atom is 0.362 e.